The fourth-order valence-electron chi connectivity index (χ4n) is 3.76. The maximum absolute atomic E-state index is 12.8. The zero-order valence-electron chi connectivity index (χ0n) is 16.4. The smallest absolute Gasteiger partial charge is 0.366 e. The fraction of sp³-hybridized carbons (Fsp3) is 0.400. The van der Waals surface area contributed by atoms with Crippen LogP contribution in [-0.2, 0) is 6.18 Å². The topological polar surface area (TPSA) is 84.7 Å². The number of aromatic nitrogens is 4. The summed E-state index contributed by atoms with van der Waals surface area (Å²) in [6, 6.07) is 4.63. The average molecular weight is 453 g/mol. The van der Waals surface area contributed by atoms with E-state index < -0.39 is 17.6 Å². The van der Waals surface area contributed by atoms with Gasteiger partial charge in [0.05, 0.1) is 11.9 Å². The number of hydrogen-bond acceptors (Lipinski definition) is 5. The highest BCUT2D eigenvalue weighted by atomic mass is 35.5. The molecule has 0 saturated heterocycles. The predicted molar refractivity (Wildman–Crippen MR) is 110 cm³/mol. The minimum Gasteiger partial charge on any atom is -0.366 e. The SMILES string of the molecule is O=C(NCCNc1nc(Cl)nc2c1ncn2C1CCCC1)c1cccc(C(F)(F)F)c1. The molecule has 1 fully saturated rings. The molecule has 0 unspecified atom stereocenters. The summed E-state index contributed by atoms with van der Waals surface area (Å²) in [7, 11) is 0. The Balaban J connectivity index is 1.39. The molecule has 0 radical (unpaired) electrons. The molecule has 1 aliphatic carbocycles. The first-order valence-corrected chi connectivity index (χ1v) is 10.3. The van der Waals surface area contributed by atoms with E-state index in [1.165, 1.54) is 25.0 Å². The summed E-state index contributed by atoms with van der Waals surface area (Å²) in [6.45, 7) is 0.449. The molecular formula is C20H20ClF3N6O. The van der Waals surface area contributed by atoms with E-state index in [0.29, 0.717) is 23.0 Å². The molecule has 31 heavy (non-hydrogen) atoms. The number of imidazole rings is 1. The van der Waals surface area contributed by atoms with Crippen LogP contribution in [0.1, 0.15) is 47.6 Å². The van der Waals surface area contributed by atoms with Gasteiger partial charge in [0, 0.05) is 24.7 Å². The van der Waals surface area contributed by atoms with Gasteiger partial charge in [-0.05, 0) is 42.6 Å². The number of alkyl halides is 3. The van der Waals surface area contributed by atoms with Gasteiger partial charge >= 0.3 is 6.18 Å². The van der Waals surface area contributed by atoms with Crippen LogP contribution in [0.3, 0.4) is 0 Å². The molecule has 0 atom stereocenters. The van der Waals surface area contributed by atoms with Gasteiger partial charge < -0.3 is 15.2 Å². The summed E-state index contributed by atoms with van der Waals surface area (Å²) in [5, 5.41) is 5.74. The quantitative estimate of drug-likeness (QED) is 0.426. The highest BCUT2D eigenvalue weighted by Gasteiger charge is 2.30. The normalized spacial score (nSPS) is 14.8. The Kier molecular flexibility index (Phi) is 5.99. The second kappa shape index (κ2) is 8.70. The Labute approximate surface area is 181 Å². The van der Waals surface area contributed by atoms with E-state index in [0.717, 1.165) is 25.0 Å². The number of nitrogens with zero attached hydrogens (tertiary/aromatic N) is 4. The minimum atomic E-state index is -4.50. The number of halogens is 4. The van der Waals surface area contributed by atoms with Crippen molar-refractivity contribution in [3.8, 4) is 0 Å². The third-order valence-corrected chi connectivity index (χ3v) is 5.44. The fourth-order valence-corrected chi connectivity index (χ4v) is 3.92. The number of hydrogen-bond donors (Lipinski definition) is 2. The van der Waals surface area contributed by atoms with Crippen LogP contribution in [0, 0.1) is 0 Å². The number of fused-ring (bicyclic) bond motifs is 1. The molecule has 2 heterocycles. The van der Waals surface area contributed by atoms with Gasteiger partial charge in [-0.1, -0.05) is 18.9 Å². The highest BCUT2D eigenvalue weighted by molar-refractivity contribution is 6.28. The van der Waals surface area contributed by atoms with Gasteiger partial charge in [0.2, 0.25) is 5.28 Å². The summed E-state index contributed by atoms with van der Waals surface area (Å²) in [6.07, 6.45) is 1.71. The molecule has 1 aromatic carbocycles. The van der Waals surface area contributed by atoms with Crippen molar-refractivity contribution < 1.29 is 18.0 Å². The summed E-state index contributed by atoms with van der Waals surface area (Å²) < 4.78 is 40.5. The Morgan fingerprint density at radius 1 is 1.19 bits per heavy atom. The zero-order chi connectivity index (χ0) is 22.0. The van der Waals surface area contributed by atoms with Gasteiger partial charge in [-0.25, -0.2) is 4.98 Å². The van der Waals surface area contributed by atoms with Gasteiger partial charge in [-0.3, -0.25) is 4.79 Å². The third kappa shape index (κ3) is 4.73. The first kappa shape index (κ1) is 21.4. The number of carbonyl (C=O) groups is 1. The monoisotopic (exact) mass is 452 g/mol. The lowest BCUT2D eigenvalue weighted by Gasteiger charge is -2.12. The highest BCUT2D eigenvalue weighted by Crippen LogP contribution is 2.33. The number of benzene rings is 1. The molecule has 1 aliphatic rings. The molecule has 0 spiro atoms. The first-order chi connectivity index (χ1) is 14.8. The van der Waals surface area contributed by atoms with Gasteiger partial charge in [-0.15, -0.1) is 0 Å². The third-order valence-electron chi connectivity index (χ3n) is 5.27. The Hall–Kier alpha value is -2.88. The molecule has 3 aromatic rings. The second-order valence-electron chi connectivity index (χ2n) is 7.36. The Morgan fingerprint density at radius 3 is 2.71 bits per heavy atom. The molecule has 2 N–H and O–H groups in total. The van der Waals surface area contributed by atoms with E-state index in [4.69, 9.17) is 11.6 Å². The van der Waals surface area contributed by atoms with Gasteiger partial charge in [-0.2, -0.15) is 23.1 Å². The van der Waals surface area contributed by atoms with Crippen LogP contribution in [0.2, 0.25) is 5.28 Å². The molecule has 4 rings (SSSR count). The van der Waals surface area contributed by atoms with E-state index in [9.17, 15) is 18.0 Å². The second-order valence-corrected chi connectivity index (χ2v) is 7.70. The molecule has 0 aliphatic heterocycles. The molecule has 2 aromatic heterocycles. The number of anilines is 1. The maximum atomic E-state index is 12.8. The number of rotatable bonds is 6. The lowest BCUT2D eigenvalue weighted by molar-refractivity contribution is -0.137. The Bertz CT molecular complexity index is 1090. The van der Waals surface area contributed by atoms with Crippen LogP contribution in [0.15, 0.2) is 30.6 Å². The van der Waals surface area contributed by atoms with Crippen LogP contribution >= 0.6 is 11.6 Å². The van der Waals surface area contributed by atoms with Gasteiger partial charge in [0.25, 0.3) is 5.91 Å². The first-order valence-electron chi connectivity index (χ1n) is 9.92. The molecule has 1 saturated carbocycles. The van der Waals surface area contributed by atoms with Gasteiger partial charge in [0.15, 0.2) is 17.0 Å². The number of amides is 1. The van der Waals surface area contributed by atoms with Crippen molar-refractivity contribution in [2.24, 2.45) is 0 Å². The summed E-state index contributed by atoms with van der Waals surface area (Å²) in [5.74, 6) is -0.149. The van der Waals surface area contributed by atoms with Crippen LogP contribution in [-0.4, -0.2) is 38.5 Å². The summed E-state index contributed by atoms with van der Waals surface area (Å²) in [4.78, 5) is 25.1. The zero-order valence-corrected chi connectivity index (χ0v) is 17.2. The van der Waals surface area contributed by atoms with Crippen molar-refractivity contribution in [3.05, 3.63) is 47.0 Å². The van der Waals surface area contributed by atoms with Crippen molar-refractivity contribution >= 4 is 34.5 Å². The number of nitrogens with one attached hydrogen (secondary N) is 2. The lowest BCUT2D eigenvalue weighted by atomic mass is 10.1. The maximum Gasteiger partial charge on any atom is 0.416 e. The molecule has 11 heteroatoms. The van der Waals surface area contributed by atoms with Crippen molar-refractivity contribution in [1.29, 1.82) is 0 Å². The summed E-state index contributed by atoms with van der Waals surface area (Å²) in [5.41, 5.74) is 0.314. The van der Waals surface area contributed by atoms with E-state index in [2.05, 4.69) is 25.6 Å². The Morgan fingerprint density at radius 2 is 1.97 bits per heavy atom. The van der Waals surface area contributed by atoms with E-state index in [1.807, 2.05) is 4.57 Å². The van der Waals surface area contributed by atoms with Crippen molar-refractivity contribution in [2.75, 3.05) is 18.4 Å². The van der Waals surface area contributed by atoms with Crippen LogP contribution in [0.4, 0.5) is 19.0 Å². The van der Waals surface area contributed by atoms with E-state index in [1.54, 1.807) is 6.33 Å². The number of carbonyl (C=O) groups excluding carboxylic acids is 1. The molecule has 1 amide bonds. The van der Waals surface area contributed by atoms with Crippen molar-refractivity contribution in [3.63, 3.8) is 0 Å². The van der Waals surface area contributed by atoms with E-state index >= 15 is 0 Å². The van der Waals surface area contributed by atoms with Crippen LogP contribution in [0.5, 0.6) is 0 Å². The van der Waals surface area contributed by atoms with Crippen LogP contribution < -0.4 is 10.6 Å². The standard InChI is InChI=1S/C20H20ClF3N6O/c21-19-28-16(15-17(29-19)30(11-27-15)14-6-1-2-7-14)25-8-9-26-18(31)12-4-3-5-13(10-12)20(22,23)24/h3-5,10-11,14H,1-2,6-9H2,(H,26,31)(H,25,28,29). The average Bonchev–Trinajstić information content (AvgIpc) is 3.40. The van der Waals surface area contributed by atoms with E-state index in [-0.39, 0.29) is 23.9 Å². The molecule has 0 bridgehead atoms. The molecule has 7 nitrogen and oxygen atoms in total. The summed E-state index contributed by atoms with van der Waals surface area (Å²) >= 11 is 6.09. The van der Waals surface area contributed by atoms with Crippen molar-refractivity contribution in [1.82, 2.24) is 24.8 Å². The largest absolute Gasteiger partial charge is 0.416 e. The lowest BCUT2D eigenvalue weighted by Crippen LogP contribution is -2.29. The molecule has 164 valence electrons. The van der Waals surface area contributed by atoms with Crippen LogP contribution in [0.25, 0.3) is 11.2 Å². The van der Waals surface area contributed by atoms with Crippen molar-refractivity contribution in [2.45, 2.75) is 37.9 Å². The predicted octanol–water partition coefficient (Wildman–Crippen LogP) is 4.46. The van der Waals surface area contributed by atoms with Gasteiger partial charge in [0.1, 0.15) is 0 Å². The minimum absolute atomic E-state index is 0.0578. The molecular weight excluding hydrogens is 433 g/mol.